The number of rotatable bonds is 2. The Kier molecular flexibility index (Phi) is 3.50. The monoisotopic (exact) mass is 171 g/mol. The molecule has 0 radical (unpaired) electrons. The molecule has 1 aliphatic rings. The summed E-state index contributed by atoms with van der Waals surface area (Å²) < 4.78 is 0. The Labute approximate surface area is 75.5 Å². The van der Waals surface area contributed by atoms with E-state index in [0.29, 0.717) is 12.1 Å². The van der Waals surface area contributed by atoms with Crippen LogP contribution >= 0.6 is 0 Å². The van der Waals surface area contributed by atoms with Gasteiger partial charge in [0.25, 0.3) is 0 Å². The lowest BCUT2D eigenvalue weighted by atomic mass is 10.1. The summed E-state index contributed by atoms with van der Waals surface area (Å²) in [7, 11) is 2.16. The lowest BCUT2D eigenvalue weighted by Gasteiger charge is -2.40. The van der Waals surface area contributed by atoms with Gasteiger partial charge in [-0.05, 0) is 20.9 Å². The minimum Gasteiger partial charge on any atom is -0.329 e. The number of nitrogens with zero attached hydrogens (tertiary/aromatic N) is 2. The van der Waals surface area contributed by atoms with Crippen LogP contribution in [0.1, 0.15) is 13.8 Å². The lowest BCUT2D eigenvalue weighted by Crippen LogP contribution is -2.55. The van der Waals surface area contributed by atoms with Crippen molar-refractivity contribution in [2.75, 3.05) is 33.2 Å². The van der Waals surface area contributed by atoms with Crippen molar-refractivity contribution in [2.45, 2.75) is 25.9 Å². The molecule has 72 valence electrons. The number of hydrogen-bond donors (Lipinski definition) is 1. The van der Waals surface area contributed by atoms with Crippen LogP contribution in [-0.2, 0) is 0 Å². The lowest BCUT2D eigenvalue weighted by molar-refractivity contribution is 0.0786. The SMILES string of the molecule is CC(C)N1CCN(C)C(CN)C1. The molecule has 12 heavy (non-hydrogen) atoms. The van der Waals surface area contributed by atoms with Crippen molar-refractivity contribution in [1.29, 1.82) is 0 Å². The van der Waals surface area contributed by atoms with Gasteiger partial charge in [0.2, 0.25) is 0 Å². The molecule has 1 fully saturated rings. The van der Waals surface area contributed by atoms with Crippen LogP contribution in [0.25, 0.3) is 0 Å². The molecule has 0 aromatic rings. The Morgan fingerprint density at radius 1 is 1.42 bits per heavy atom. The molecule has 0 aromatic carbocycles. The second-order valence-corrected chi connectivity index (χ2v) is 3.96. The van der Waals surface area contributed by atoms with Crippen LogP contribution in [0, 0.1) is 0 Å². The maximum Gasteiger partial charge on any atom is 0.0343 e. The fourth-order valence-corrected chi connectivity index (χ4v) is 1.69. The van der Waals surface area contributed by atoms with Crippen LogP contribution in [0.3, 0.4) is 0 Å². The highest BCUT2D eigenvalue weighted by molar-refractivity contribution is 4.81. The van der Waals surface area contributed by atoms with Gasteiger partial charge < -0.3 is 5.73 Å². The minimum absolute atomic E-state index is 0.557. The van der Waals surface area contributed by atoms with Gasteiger partial charge in [0.1, 0.15) is 0 Å². The van der Waals surface area contributed by atoms with Gasteiger partial charge in [0, 0.05) is 38.3 Å². The van der Waals surface area contributed by atoms with Gasteiger partial charge in [-0.1, -0.05) is 0 Å². The summed E-state index contributed by atoms with van der Waals surface area (Å²) in [6, 6.07) is 1.22. The van der Waals surface area contributed by atoms with E-state index in [4.69, 9.17) is 5.73 Å². The molecule has 1 rings (SSSR count). The van der Waals surface area contributed by atoms with Gasteiger partial charge in [0.15, 0.2) is 0 Å². The molecule has 0 bridgehead atoms. The van der Waals surface area contributed by atoms with Gasteiger partial charge in [-0.25, -0.2) is 0 Å². The summed E-state index contributed by atoms with van der Waals surface area (Å²) in [6.07, 6.45) is 0. The van der Waals surface area contributed by atoms with Crippen LogP contribution in [0.4, 0.5) is 0 Å². The van der Waals surface area contributed by atoms with E-state index in [9.17, 15) is 0 Å². The van der Waals surface area contributed by atoms with Crippen molar-refractivity contribution in [2.24, 2.45) is 5.73 Å². The van der Waals surface area contributed by atoms with Crippen molar-refractivity contribution in [3.8, 4) is 0 Å². The summed E-state index contributed by atoms with van der Waals surface area (Å²) in [6.45, 7) is 8.74. The van der Waals surface area contributed by atoms with Crippen molar-refractivity contribution >= 4 is 0 Å². The number of nitrogens with two attached hydrogens (primary N) is 1. The molecule has 1 atom stereocenters. The molecule has 1 unspecified atom stereocenters. The Hall–Kier alpha value is -0.120. The van der Waals surface area contributed by atoms with E-state index in [0.717, 1.165) is 19.6 Å². The zero-order chi connectivity index (χ0) is 9.14. The molecular weight excluding hydrogens is 150 g/mol. The molecule has 3 nitrogen and oxygen atoms in total. The zero-order valence-electron chi connectivity index (χ0n) is 8.45. The maximum atomic E-state index is 5.69. The molecule has 0 saturated carbocycles. The van der Waals surface area contributed by atoms with Gasteiger partial charge >= 0.3 is 0 Å². The molecule has 0 spiro atoms. The second kappa shape index (κ2) is 4.21. The normalized spacial score (nSPS) is 28.2. The third-order valence-corrected chi connectivity index (χ3v) is 2.81. The average Bonchev–Trinajstić information content (AvgIpc) is 2.05. The van der Waals surface area contributed by atoms with Gasteiger partial charge in [-0.2, -0.15) is 0 Å². The van der Waals surface area contributed by atoms with Crippen LogP contribution in [0.15, 0.2) is 0 Å². The predicted octanol–water partition coefficient (Wildman–Crippen LogP) is -0.0305. The standard InChI is InChI=1S/C9H21N3/c1-8(2)12-5-4-11(3)9(6-10)7-12/h8-9H,4-7,10H2,1-3H3. The molecule has 0 amide bonds. The minimum atomic E-state index is 0.557. The summed E-state index contributed by atoms with van der Waals surface area (Å²) in [5, 5.41) is 0. The van der Waals surface area contributed by atoms with Crippen molar-refractivity contribution in [1.82, 2.24) is 9.80 Å². The fraction of sp³-hybridized carbons (Fsp3) is 1.00. The maximum absolute atomic E-state index is 5.69. The fourth-order valence-electron chi connectivity index (χ4n) is 1.69. The van der Waals surface area contributed by atoms with Crippen molar-refractivity contribution in [3.05, 3.63) is 0 Å². The van der Waals surface area contributed by atoms with Crippen LogP contribution in [0.5, 0.6) is 0 Å². The Morgan fingerprint density at radius 3 is 2.58 bits per heavy atom. The topological polar surface area (TPSA) is 32.5 Å². The first-order valence-electron chi connectivity index (χ1n) is 4.79. The Bertz CT molecular complexity index is 136. The highest BCUT2D eigenvalue weighted by Crippen LogP contribution is 2.09. The molecule has 3 heteroatoms. The summed E-state index contributed by atoms with van der Waals surface area (Å²) in [5.41, 5.74) is 5.69. The van der Waals surface area contributed by atoms with Crippen LogP contribution in [-0.4, -0.2) is 55.1 Å². The molecule has 1 aliphatic heterocycles. The summed E-state index contributed by atoms with van der Waals surface area (Å²) >= 11 is 0. The van der Waals surface area contributed by atoms with E-state index in [1.165, 1.54) is 6.54 Å². The van der Waals surface area contributed by atoms with Gasteiger partial charge in [-0.3, -0.25) is 9.80 Å². The first-order chi connectivity index (χ1) is 5.65. The van der Waals surface area contributed by atoms with E-state index in [1.54, 1.807) is 0 Å². The first-order valence-corrected chi connectivity index (χ1v) is 4.79. The van der Waals surface area contributed by atoms with Crippen LogP contribution < -0.4 is 5.73 Å². The molecular formula is C9H21N3. The first kappa shape index (κ1) is 9.96. The number of piperazine rings is 1. The van der Waals surface area contributed by atoms with E-state index >= 15 is 0 Å². The highest BCUT2D eigenvalue weighted by Gasteiger charge is 2.23. The quantitative estimate of drug-likeness (QED) is 0.633. The van der Waals surface area contributed by atoms with Crippen molar-refractivity contribution < 1.29 is 0 Å². The molecule has 1 saturated heterocycles. The molecule has 0 aromatic heterocycles. The third-order valence-electron chi connectivity index (χ3n) is 2.81. The van der Waals surface area contributed by atoms with Gasteiger partial charge in [-0.15, -0.1) is 0 Å². The van der Waals surface area contributed by atoms with E-state index in [-0.39, 0.29) is 0 Å². The Morgan fingerprint density at radius 2 is 2.08 bits per heavy atom. The second-order valence-electron chi connectivity index (χ2n) is 3.96. The molecule has 2 N–H and O–H groups in total. The predicted molar refractivity (Wildman–Crippen MR) is 52.2 cm³/mol. The van der Waals surface area contributed by atoms with E-state index in [2.05, 4.69) is 30.7 Å². The van der Waals surface area contributed by atoms with E-state index in [1.807, 2.05) is 0 Å². The number of hydrogen-bond acceptors (Lipinski definition) is 3. The molecule has 0 aliphatic carbocycles. The highest BCUT2D eigenvalue weighted by atomic mass is 15.3. The smallest absolute Gasteiger partial charge is 0.0343 e. The van der Waals surface area contributed by atoms with Crippen molar-refractivity contribution in [3.63, 3.8) is 0 Å². The summed E-state index contributed by atoms with van der Waals surface area (Å²) in [5.74, 6) is 0. The summed E-state index contributed by atoms with van der Waals surface area (Å²) in [4.78, 5) is 4.86. The molecule has 1 heterocycles. The average molecular weight is 171 g/mol. The van der Waals surface area contributed by atoms with Gasteiger partial charge in [0.05, 0.1) is 0 Å². The zero-order valence-corrected chi connectivity index (χ0v) is 8.45. The number of likely N-dealkylation sites (N-methyl/N-ethyl adjacent to an activating group) is 1. The van der Waals surface area contributed by atoms with E-state index < -0.39 is 0 Å². The Balaban J connectivity index is 2.44. The largest absolute Gasteiger partial charge is 0.329 e. The van der Waals surface area contributed by atoms with Crippen LogP contribution in [0.2, 0.25) is 0 Å². The third kappa shape index (κ3) is 2.19.